The third-order valence-corrected chi connectivity index (χ3v) is 6.27. The SMILES string of the molecule is CCC1=CC[C-]=C1.[Cl-].[Cl-].[Zr+2]=[C](c1ccccc1)c1ccccc1.c1ccc2[cH-]ccc2c1. The van der Waals surface area contributed by atoms with Crippen molar-refractivity contribution in [3.8, 4) is 0 Å². The van der Waals surface area contributed by atoms with Crippen molar-refractivity contribution in [2.75, 3.05) is 0 Å². The molecule has 0 aliphatic heterocycles. The summed E-state index contributed by atoms with van der Waals surface area (Å²) in [6.07, 6.45) is 9.57. The number of fused-ring (bicyclic) bond motifs is 1. The van der Waals surface area contributed by atoms with Gasteiger partial charge in [0.25, 0.3) is 0 Å². The zero-order chi connectivity index (χ0) is 21.0. The Kier molecular flexibility index (Phi) is 13.9. The van der Waals surface area contributed by atoms with Crippen LogP contribution in [-0.4, -0.2) is 3.21 Å². The Hall–Kier alpha value is -1.92. The van der Waals surface area contributed by atoms with Crippen LogP contribution in [-0.2, 0) is 24.2 Å². The number of allylic oxidation sites excluding steroid dienone is 4. The van der Waals surface area contributed by atoms with E-state index in [9.17, 15) is 0 Å². The molecule has 3 heteroatoms. The van der Waals surface area contributed by atoms with Crippen LogP contribution in [0, 0.1) is 6.08 Å². The molecule has 5 rings (SSSR count). The first-order valence-electron chi connectivity index (χ1n) is 10.3. The molecule has 0 fully saturated rings. The molecule has 1 aliphatic carbocycles. The minimum absolute atomic E-state index is 0. The largest absolute Gasteiger partial charge is 0.168 e. The van der Waals surface area contributed by atoms with Gasteiger partial charge < -0.3 is 24.8 Å². The Morgan fingerprint density at radius 3 is 1.84 bits per heavy atom. The number of hydrogen-bond donors (Lipinski definition) is 0. The molecule has 4 aromatic carbocycles. The van der Waals surface area contributed by atoms with Gasteiger partial charge in [0.2, 0.25) is 0 Å². The Morgan fingerprint density at radius 2 is 1.38 bits per heavy atom. The fourth-order valence-corrected chi connectivity index (χ4v) is 3.95. The second-order valence-corrected chi connectivity index (χ2v) is 8.18. The van der Waals surface area contributed by atoms with E-state index < -0.39 is 0 Å². The Bertz CT molecular complexity index is 1040. The molecule has 0 atom stereocenters. The van der Waals surface area contributed by atoms with Gasteiger partial charge in [-0.1, -0.05) is 19.4 Å². The van der Waals surface area contributed by atoms with Crippen molar-refractivity contribution < 1.29 is 49.0 Å². The molecule has 162 valence electrons. The summed E-state index contributed by atoms with van der Waals surface area (Å²) in [6, 6.07) is 35.8. The van der Waals surface area contributed by atoms with Crippen LogP contribution in [0.2, 0.25) is 0 Å². The summed E-state index contributed by atoms with van der Waals surface area (Å²) >= 11 is 1.46. The molecule has 32 heavy (non-hydrogen) atoms. The van der Waals surface area contributed by atoms with Crippen molar-refractivity contribution in [2.24, 2.45) is 0 Å². The summed E-state index contributed by atoms with van der Waals surface area (Å²) in [4.78, 5) is 0. The molecule has 0 saturated heterocycles. The van der Waals surface area contributed by atoms with Gasteiger partial charge in [0.1, 0.15) is 0 Å². The standard InChI is InChI=1S/C13H10.C9H7.C7H9.2ClH.Zr/c1-3-7-12(8-4-1)11-13-9-5-2-6-10-13;1-2-5-9-7-3-6-8(9)4-1;1-2-7-5-3-4-6-7;;;/h1-10H;1-7H;5-6H,2-3H2,1H3;2*1H;/q;2*-1;;;+2/p-2. The third-order valence-electron chi connectivity index (χ3n) is 4.85. The summed E-state index contributed by atoms with van der Waals surface area (Å²) in [6.45, 7) is 2.16. The molecule has 0 N–H and O–H groups in total. The monoisotopic (exact) mass is 534 g/mol. The van der Waals surface area contributed by atoms with Crippen LogP contribution in [0.5, 0.6) is 0 Å². The van der Waals surface area contributed by atoms with Gasteiger partial charge >= 0.3 is 99.2 Å². The zero-order valence-electron chi connectivity index (χ0n) is 18.1. The second-order valence-electron chi connectivity index (χ2n) is 6.95. The Labute approximate surface area is 219 Å². The molecule has 0 radical (unpaired) electrons. The molecule has 0 bridgehead atoms. The first-order valence-corrected chi connectivity index (χ1v) is 11.6. The Morgan fingerprint density at radius 1 is 0.812 bits per heavy atom. The smallest absolute Gasteiger partial charge is 0.0809 e. The first kappa shape index (κ1) is 28.1. The van der Waals surface area contributed by atoms with Crippen LogP contribution in [0.4, 0.5) is 0 Å². The second kappa shape index (κ2) is 15.8. The fourth-order valence-electron chi connectivity index (χ4n) is 3.13. The number of hydrogen-bond acceptors (Lipinski definition) is 0. The minimum atomic E-state index is 0. The number of benzene rings is 3. The predicted octanol–water partition coefficient (Wildman–Crippen LogP) is 1.45. The van der Waals surface area contributed by atoms with Crippen LogP contribution in [0.1, 0.15) is 30.9 Å². The topological polar surface area (TPSA) is 0 Å². The van der Waals surface area contributed by atoms with E-state index >= 15 is 0 Å². The maximum absolute atomic E-state index is 3.11. The van der Waals surface area contributed by atoms with Crippen molar-refractivity contribution in [3.05, 3.63) is 138 Å². The van der Waals surface area contributed by atoms with Crippen molar-refractivity contribution in [1.82, 2.24) is 0 Å². The van der Waals surface area contributed by atoms with E-state index in [2.05, 4.69) is 128 Å². The summed E-state index contributed by atoms with van der Waals surface area (Å²) in [5.41, 5.74) is 4.09. The summed E-state index contributed by atoms with van der Waals surface area (Å²) in [5, 5.41) is 2.66. The van der Waals surface area contributed by atoms with Gasteiger partial charge in [-0.15, -0.1) is 36.1 Å². The molecule has 0 heterocycles. The summed E-state index contributed by atoms with van der Waals surface area (Å²) < 4.78 is 1.42. The van der Waals surface area contributed by atoms with Crippen LogP contribution >= 0.6 is 0 Å². The molecule has 0 spiro atoms. The van der Waals surface area contributed by atoms with Gasteiger partial charge in [-0.3, -0.25) is 6.08 Å². The van der Waals surface area contributed by atoms with Gasteiger partial charge in [-0.2, -0.15) is 23.6 Å². The maximum atomic E-state index is 3.11. The number of halogens is 2. The van der Waals surface area contributed by atoms with Crippen molar-refractivity contribution >= 4 is 14.0 Å². The normalized spacial score (nSPS) is 11.0. The molecular formula is C29H26Cl2Zr-2. The summed E-state index contributed by atoms with van der Waals surface area (Å²) in [5.74, 6) is 0. The summed E-state index contributed by atoms with van der Waals surface area (Å²) in [7, 11) is 0. The van der Waals surface area contributed by atoms with Crippen LogP contribution < -0.4 is 24.8 Å². The van der Waals surface area contributed by atoms with E-state index in [0.29, 0.717) is 0 Å². The van der Waals surface area contributed by atoms with Crippen LogP contribution in [0.15, 0.2) is 121 Å². The minimum Gasteiger partial charge on any atom is -0.168 e. The molecule has 0 aromatic heterocycles. The molecule has 0 unspecified atom stereocenters. The first-order chi connectivity index (χ1) is 14.8. The van der Waals surface area contributed by atoms with E-state index in [1.165, 1.54) is 54.9 Å². The van der Waals surface area contributed by atoms with Crippen LogP contribution in [0.25, 0.3) is 10.8 Å². The van der Waals surface area contributed by atoms with Crippen molar-refractivity contribution in [2.45, 2.75) is 19.8 Å². The van der Waals surface area contributed by atoms with Gasteiger partial charge in [0.05, 0.1) is 0 Å². The Balaban J connectivity index is 0.000000248. The van der Waals surface area contributed by atoms with Gasteiger partial charge in [-0.05, 0) is 0 Å². The van der Waals surface area contributed by atoms with Gasteiger partial charge in [0, 0.05) is 0 Å². The number of rotatable bonds is 3. The van der Waals surface area contributed by atoms with E-state index in [-0.39, 0.29) is 24.8 Å². The van der Waals surface area contributed by atoms with Crippen molar-refractivity contribution in [3.63, 3.8) is 0 Å². The predicted molar refractivity (Wildman–Crippen MR) is 126 cm³/mol. The maximum Gasteiger partial charge on any atom is -0.0809 e. The van der Waals surface area contributed by atoms with Gasteiger partial charge in [-0.25, -0.2) is 11.6 Å². The molecule has 0 nitrogen and oxygen atoms in total. The molecule has 1 aliphatic rings. The molecular weight excluding hydrogens is 510 g/mol. The van der Waals surface area contributed by atoms with Crippen molar-refractivity contribution in [1.29, 1.82) is 0 Å². The average Bonchev–Trinajstić information content (AvgIpc) is 3.52. The van der Waals surface area contributed by atoms with E-state index in [1.807, 2.05) is 0 Å². The van der Waals surface area contributed by atoms with E-state index in [0.717, 1.165) is 12.8 Å². The quantitative estimate of drug-likeness (QED) is 0.348. The van der Waals surface area contributed by atoms with Crippen LogP contribution in [0.3, 0.4) is 0 Å². The van der Waals surface area contributed by atoms with Gasteiger partial charge in [0.15, 0.2) is 0 Å². The third kappa shape index (κ3) is 8.91. The van der Waals surface area contributed by atoms with E-state index in [1.54, 1.807) is 0 Å². The van der Waals surface area contributed by atoms with E-state index in [4.69, 9.17) is 0 Å². The molecule has 0 saturated carbocycles. The molecule has 0 amide bonds. The molecule has 4 aromatic rings. The average molecular weight is 537 g/mol. The fraction of sp³-hybridized carbons (Fsp3) is 0.103. The zero-order valence-corrected chi connectivity index (χ0v) is 22.1.